The highest BCUT2D eigenvalue weighted by Crippen LogP contribution is 2.14. The quantitative estimate of drug-likeness (QED) is 0.746. The summed E-state index contributed by atoms with van der Waals surface area (Å²) in [5.74, 6) is 0. The van der Waals surface area contributed by atoms with Crippen LogP contribution in [0.15, 0.2) is 43.4 Å². The van der Waals surface area contributed by atoms with Crippen molar-refractivity contribution in [2.75, 3.05) is 0 Å². The first-order valence-electron chi connectivity index (χ1n) is 4.60. The molecular formula is C11H13N3. The van der Waals surface area contributed by atoms with Gasteiger partial charge in [0.2, 0.25) is 0 Å². The lowest BCUT2D eigenvalue weighted by molar-refractivity contribution is 0.735. The minimum atomic E-state index is 0.0271. The third-order valence-electron chi connectivity index (χ3n) is 2.26. The zero-order chi connectivity index (χ0) is 9.97. The Morgan fingerprint density at radius 2 is 2.43 bits per heavy atom. The van der Waals surface area contributed by atoms with Gasteiger partial charge in [-0.15, -0.1) is 6.58 Å². The van der Waals surface area contributed by atoms with E-state index in [0.717, 1.165) is 17.6 Å². The van der Waals surface area contributed by atoms with Crippen LogP contribution in [0.4, 0.5) is 0 Å². The van der Waals surface area contributed by atoms with Crippen LogP contribution in [0.5, 0.6) is 0 Å². The average molecular weight is 187 g/mol. The fourth-order valence-corrected chi connectivity index (χ4v) is 1.47. The van der Waals surface area contributed by atoms with Gasteiger partial charge < -0.3 is 10.1 Å². The van der Waals surface area contributed by atoms with Crippen molar-refractivity contribution in [1.82, 2.24) is 9.38 Å². The molecule has 2 N–H and O–H groups in total. The van der Waals surface area contributed by atoms with Crippen LogP contribution < -0.4 is 5.73 Å². The van der Waals surface area contributed by atoms with E-state index in [1.807, 2.05) is 35.0 Å². The van der Waals surface area contributed by atoms with Gasteiger partial charge in [-0.2, -0.15) is 0 Å². The van der Waals surface area contributed by atoms with E-state index in [9.17, 15) is 0 Å². The Morgan fingerprint density at radius 1 is 1.57 bits per heavy atom. The van der Waals surface area contributed by atoms with Crippen LogP contribution in [0.2, 0.25) is 0 Å². The Morgan fingerprint density at radius 3 is 3.21 bits per heavy atom. The Balaban J connectivity index is 2.38. The van der Waals surface area contributed by atoms with Gasteiger partial charge in [-0.1, -0.05) is 12.1 Å². The van der Waals surface area contributed by atoms with Crippen LogP contribution in [0.25, 0.3) is 5.65 Å². The second-order valence-corrected chi connectivity index (χ2v) is 3.29. The van der Waals surface area contributed by atoms with E-state index in [1.54, 1.807) is 6.20 Å². The molecule has 0 saturated carbocycles. The van der Waals surface area contributed by atoms with Gasteiger partial charge in [-0.05, 0) is 18.1 Å². The largest absolute Gasteiger partial charge is 0.324 e. The highest BCUT2D eigenvalue weighted by Gasteiger charge is 2.04. The molecule has 0 aliphatic rings. The van der Waals surface area contributed by atoms with Crippen molar-refractivity contribution in [3.05, 3.63) is 48.9 Å². The molecule has 3 heteroatoms. The molecule has 0 aliphatic carbocycles. The van der Waals surface area contributed by atoms with E-state index < -0.39 is 0 Å². The number of aromatic nitrogens is 2. The number of hydrogen-bond acceptors (Lipinski definition) is 2. The Labute approximate surface area is 82.9 Å². The molecule has 2 aromatic rings. The lowest BCUT2D eigenvalue weighted by atomic mass is 10.1. The molecule has 0 aliphatic heterocycles. The molecule has 2 heterocycles. The predicted molar refractivity (Wildman–Crippen MR) is 56.9 cm³/mol. The smallest absolute Gasteiger partial charge is 0.136 e. The van der Waals surface area contributed by atoms with Gasteiger partial charge in [0, 0.05) is 24.6 Å². The molecule has 72 valence electrons. The minimum Gasteiger partial charge on any atom is -0.324 e. The molecule has 0 radical (unpaired) electrons. The molecule has 2 aromatic heterocycles. The fraction of sp³-hybridized carbons (Fsp3) is 0.182. The zero-order valence-electron chi connectivity index (χ0n) is 7.93. The normalized spacial score (nSPS) is 12.9. The second-order valence-electron chi connectivity index (χ2n) is 3.29. The van der Waals surface area contributed by atoms with Crippen molar-refractivity contribution >= 4 is 5.65 Å². The lowest BCUT2D eigenvalue weighted by Gasteiger charge is -2.09. The van der Waals surface area contributed by atoms with Gasteiger partial charge in [0.25, 0.3) is 0 Å². The topological polar surface area (TPSA) is 43.3 Å². The number of fused-ring (bicyclic) bond motifs is 1. The lowest BCUT2D eigenvalue weighted by Crippen LogP contribution is -2.09. The van der Waals surface area contributed by atoms with Crippen molar-refractivity contribution in [3.63, 3.8) is 0 Å². The van der Waals surface area contributed by atoms with E-state index in [0.29, 0.717) is 0 Å². The van der Waals surface area contributed by atoms with E-state index in [-0.39, 0.29) is 6.04 Å². The van der Waals surface area contributed by atoms with Gasteiger partial charge in [-0.25, -0.2) is 4.98 Å². The number of pyridine rings is 1. The first kappa shape index (κ1) is 8.97. The summed E-state index contributed by atoms with van der Waals surface area (Å²) in [6.07, 6.45) is 8.33. The summed E-state index contributed by atoms with van der Waals surface area (Å²) in [6, 6.07) is 4.01. The summed E-state index contributed by atoms with van der Waals surface area (Å²) in [4.78, 5) is 4.17. The van der Waals surface area contributed by atoms with Gasteiger partial charge in [0.05, 0.1) is 0 Å². The van der Waals surface area contributed by atoms with Crippen molar-refractivity contribution in [1.29, 1.82) is 0 Å². The third-order valence-corrected chi connectivity index (χ3v) is 2.26. The SMILES string of the molecule is C=CCC(N)c1ccc2nccn2c1. The maximum atomic E-state index is 5.96. The van der Waals surface area contributed by atoms with Gasteiger partial charge >= 0.3 is 0 Å². The molecule has 0 amide bonds. The van der Waals surface area contributed by atoms with Gasteiger partial charge in [0.1, 0.15) is 5.65 Å². The highest BCUT2D eigenvalue weighted by atomic mass is 15.0. The standard InChI is InChI=1S/C11H13N3/c1-2-3-10(12)9-4-5-11-13-6-7-14(11)8-9/h2,4-8,10H,1,3,12H2. The Kier molecular flexibility index (Phi) is 2.33. The summed E-state index contributed by atoms with van der Waals surface area (Å²) >= 11 is 0. The molecule has 1 atom stereocenters. The maximum Gasteiger partial charge on any atom is 0.136 e. The van der Waals surface area contributed by atoms with Crippen molar-refractivity contribution in [3.8, 4) is 0 Å². The monoisotopic (exact) mass is 187 g/mol. The number of nitrogens with two attached hydrogens (primary N) is 1. The molecule has 0 bridgehead atoms. The molecule has 0 saturated heterocycles. The summed E-state index contributed by atoms with van der Waals surface area (Å²) in [5, 5.41) is 0. The molecule has 0 spiro atoms. The van der Waals surface area contributed by atoms with Crippen molar-refractivity contribution in [2.24, 2.45) is 5.73 Å². The number of hydrogen-bond donors (Lipinski definition) is 1. The van der Waals surface area contributed by atoms with Crippen molar-refractivity contribution in [2.45, 2.75) is 12.5 Å². The van der Waals surface area contributed by atoms with E-state index in [4.69, 9.17) is 5.73 Å². The number of nitrogens with zero attached hydrogens (tertiary/aromatic N) is 2. The number of imidazole rings is 1. The first-order valence-corrected chi connectivity index (χ1v) is 4.60. The molecule has 2 rings (SSSR count). The van der Waals surface area contributed by atoms with Crippen LogP contribution >= 0.6 is 0 Å². The zero-order valence-corrected chi connectivity index (χ0v) is 7.93. The van der Waals surface area contributed by atoms with Crippen LogP contribution in [0.3, 0.4) is 0 Å². The molecule has 1 unspecified atom stereocenters. The summed E-state index contributed by atoms with van der Waals surface area (Å²) in [6.45, 7) is 3.68. The molecule has 0 fully saturated rings. The van der Waals surface area contributed by atoms with Crippen LogP contribution in [-0.4, -0.2) is 9.38 Å². The fourth-order valence-electron chi connectivity index (χ4n) is 1.47. The Hall–Kier alpha value is -1.61. The summed E-state index contributed by atoms with van der Waals surface area (Å²) in [5.41, 5.74) is 8.01. The van der Waals surface area contributed by atoms with E-state index >= 15 is 0 Å². The number of rotatable bonds is 3. The minimum absolute atomic E-state index is 0.0271. The van der Waals surface area contributed by atoms with Crippen LogP contribution in [-0.2, 0) is 0 Å². The average Bonchev–Trinajstić information content (AvgIpc) is 2.64. The molecule has 0 aromatic carbocycles. The van der Waals surface area contributed by atoms with E-state index in [2.05, 4.69) is 11.6 Å². The van der Waals surface area contributed by atoms with E-state index in [1.165, 1.54) is 0 Å². The first-order chi connectivity index (χ1) is 6.81. The van der Waals surface area contributed by atoms with Gasteiger partial charge in [0.15, 0.2) is 0 Å². The molecular weight excluding hydrogens is 174 g/mol. The summed E-state index contributed by atoms with van der Waals surface area (Å²) in [7, 11) is 0. The Bertz CT molecular complexity index is 444. The van der Waals surface area contributed by atoms with Crippen LogP contribution in [0, 0.1) is 0 Å². The van der Waals surface area contributed by atoms with Gasteiger partial charge in [-0.3, -0.25) is 0 Å². The summed E-state index contributed by atoms with van der Waals surface area (Å²) < 4.78 is 1.97. The predicted octanol–water partition coefficient (Wildman–Crippen LogP) is 1.91. The molecule has 3 nitrogen and oxygen atoms in total. The maximum absolute atomic E-state index is 5.96. The van der Waals surface area contributed by atoms with Crippen LogP contribution in [0.1, 0.15) is 18.0 Å². The second kappa shape index (κ2) is 3.64. The highest BCUT2D eigenvalue weighted by molar-refractivity contribution is 5.40. The third kappa shape index (κ3) is 1.54. The molecule has 14 heavy (non-hydrogen) atoms. The van der Waals surface area contributed by atoms with Crippen molar-refractivity contribution < 1.29 is 0 Å².